The first-order chi connectivity index (χ1) is 6.65. The maximum atomic E-state index is 11.2. The Hall–Kier alpha value is -1.10. The van der Waals surface area contributed by atoms with Crippen molar-refractivity contribution in [3.63, 3.8) is 0 Å². The van der Waals surface area contributed by atoms with Crippen LogP contribution in [0, 0.1) is 0 Å². The van der Waals surface area contributed by atoms with Gasteiger partial charge in [-0.25, -0.2) is 0 Å². The molecule has 4 nitrogen and oxygen atoms in total. The van der Waals surface area contributed by atoms with Crippen LogP contribution < -0.4 is 8.16 Å². The van der Waals surface area contributed by atoms with Gasteiger partial charge in [-0.15, -0.1) is 8.42 Å². The number of fused-ring (bicyclic) bond motifs is 1. The number of nitrogens with zero attached hydrogens (tertiary/aromatic N) is 1. The van der Waals surface area contributed by atoms with E-state index in [4.69, 9.17) is 0 Å². The number of unbranched alkanes of at least 4 members (excludes halogenated alkanes) is 1. The van der Waals surface area contributed by atoms with Gasteiger partial charge in [-0.2, -0.15) is 0 Å². The largest absolute Gasteiger partial charge is 0.573 e. The fourth-order valence-corrected chi connectivity index (χ4v) is 2.57. The molecule has 2 rings (SSSR count). The minimum Gasteiger partial charge on any atom is -0.271 e. The Bertz CT molecular complexity index is 453. The lowest BCUT2D eigenvalue weighted by Crippen LogP contribution is -2.58. The second-order valence-corrected chi connectivity index (χ2v) is 4.65. The summed E-state index contributed by atoms with van der Waals surface area (Å²) in [5, 5.41) is 0. The average molecular weight is 214 g/mol. The summed E-state index contributed by atoms with van der Waals surface area (Å²) in [4.78, 5) is 0. The lowest BCUT2D eigenvalue weighted by Gasteiger charge is -2.12. The first-order valence-electron chi connectivity index (χ1n) is 4.64. The molecule has 0 fully saturated rings. The molecule has 1 aliphatic heterocycles. The van der Waals surface area contributed by atoms with E-state index in [2.05, 4.69) is 11.1 Å². The lowest BCUT2D eigenvalue weighted by atomic mass is 10.2. The van der Waals surface area contributed by atoms with Crippen LogP contribution in [0.5, 0.6) is 5.88 Å². The van der Waals surface area contributed by atoms with E-state index in [1.54, 1.807) is 6.07 Å². The Morgan fingerprint density at radius 2 is 2.21 bits per heavy atom. The summed E-state index contributed by atoms with van der Waals surface area (Å²) in [6, 6.07) is 5.28. The van der Waals surface area contributed by atoms with Crippen molar-refractivity contribution in [1.82, 2.24) is 0 Å². The van der Waals surface area contributed by atoms with Crippen LogP contribution in [0.25, 0.3) is 0 Å². The Balaban J connectivity index is 2.38. The highest BCUT2D eigenvalue weighted by atomic mass is 32.2. The molecule has 0 bridgehead atoms. The topological polar surface area (TPSA) is 47.2 Å². The number of hydrogen-bond acceptors (Lipinski definition) is 3. The van der Waals surface area contributed by atoms with Gasteiger partial charge in [0.25, 0.3) is 0 Å². The van der Waals surface area contributed by atoms with E-state index >= 15 is 0 Å². The number of aryl methyl sites for hydroxylation is 1. The quantitative estimate of drug-likeness (QED) is 0.699. The van der Waals surface area contributed by atoms with E-state index in [1.165, 1.54) is 3.97 Å². The lowest BCUT2D eigenvalue weighted by molar-refractivity contribution is -0.565. The Kier molecular flexibility index (Phi) is 2.19. The van der Waals surface area contributed by atoms with Gasteiger partial charge in [-0.3, -0.25) is 4.18 Å². The Morgan fingerprint density at radius 3 is 2.86 bits per heavy atom. The molecule has 0 aromatic carbocycles. The number of hydrogen-bond donors (Lipinski definition) is 0. The monoisotopic (exact) mass is 214 g/mol. The van der Waals surface area contributed by atoms with Crippen molar-refractivity contribution < 1.29 is 16.6 Å². The average Bonchev–Trinajstić information content (AvgIpc) is 2.12. The molecule has 5 heteroatoms. The number of rotatable bonds is 3. The normalized spacial score (nSPS) is 16.6. The van der Waals surface area contributed by atoms with Gasteiger partial charge >= 0.3 is 16.2 Å². The predicted octanol–water partition coefficient (Wildman–Crippen LogP) is 0.802. The fraction of sp³-hybridized carbons (Fsp3) is 0.444. The van der Waals surface area contributed by atoms with Crippen LogP contribution in [0.15, 0.2) is 18.2 Å². The van der Waals surface area contributed by atoms with Gasteiger partial charge in [0.05, 0.1) is 6.07 Å². The summed E-state index contributed by atoms with van der Waals surface area (Å²) in [6.45, 7) is 2.07. The van der Waals surface area contributed by atoms with Crippen LogP contribution in [0.2, 0.25) is 0 Å². The highest BCUT2D eigenvalue weighted by Gasteiger charge is 2.46. The molecular weight excluding hydrogens is 202 g/mol. The third-order valence-corrected chi connectivity index (χ3v) is 3.43. The molecule has 0 aliphatic carbocycles. The van der Waals surface area contributed by atoms with Crippen LogP contribution in [-0.2, 0) is 16.7 Å². The molecule has 0 N–H and O–H groups in total. The summed E-state index contributed by atoms with van der Waals surface area (Å²) in [7, 11) is -3.49. The van der Waals surface area contributed by atoms with Crippen molar-refractivity contribution in [2.24, 2.45) is 0 Å². The molecule has 0 amide bonds. The van der Waals surface area contributed by atoms with Gasteiger partial charge in [0.1, 0.15) is 0 Å². The minimum absolute atomic E-state index is 0.415. The van der Waals surface area contributed by atoms with Gasteiger partial charge in [-0.05, 0) is 16.5 Å². The second-order valence-electron chi connectivity index (χ2n) is 3.26. The van der Waals surface area contributed by atoms with E-state index in [9.17, 15) is 8.42 Å². The third kappa shape index (κ3) is 1.37. The highest BCUT2D eigenvalue weighted by molar-refractivity contribution is 7.81. The molecule has 0 spiro atoms. The zero-order valence-electron chi connectivity index (χ0n) is 7.93. The van der Waals surface area contributed by atoms with Gasteiger partial charge in [-0.1, -0.05) is 13.3 Å². The molecule has 76 valence electrons. The molecule has 2 heterocycles. The van der Waals surface area contributed by atoms with E-state index < -0.39 is 10.3 Å². The summed E-state index contributed by atoms with van der Waals surface area (Å²) in [5.74, 6) is 0.415. The van der Waals surface area contributed by atoms with Gasteiger partial charge in [0.15, 0.2) is 0 Å². The van der Waals surface area contributed by atoms with Crippen molar-refractivity contribution in [3.8, 4) is 5.88 Å². The summed E-state index contributed by atoms with van der Waals surface area (Å²) in [5.41, 5.74) is 0.801. The molecule has 1 aromatic heterocycles. The zero-order valence-corrected chi connectivity index (χ0v) is 8.75. The Morgan fingerprint density at radius 1 is 1.43 bits per heavy atom. The first kappa shape index (κ1) is 9.45. The molecule has 1 aromatic rings. The molecule has 0 saturated heterocycles. The first-order valence-corrected chi connectivity index (χ1v) is 6.00. The van der Waals surface area contributed by atoms with E-state index in [0.29, 0.717) is 5.88 Å². The standard InChI is InChI=1S/C9H12NO3S/c1-2-3-5-8-6-4-7-9-10(8)14(11,12)13-9/h4,6-7H,2-3,5H2,1H3/q+1. The van der Waals surface area contributed by atoms with E-state index in [0.717, 1.165) is 25.0 Å². The van der Waals surface area contributed by atoms with Crippen molar-refractivity contribution in [2.45, 2.75) is 26.2 Å². The smallest absolute Gasteiger partial charge is 0.271 e. The highest BCUT2D eigenvalue weighted by Crippen LogP contribution is 2.18. The van der Waals surface area contributed by atoms with Crippen molar-refractivity contribution >= 4 is 10.3 Å². The van der Waals surface area contributed by atoms with Crippen LogP contribution in [0.3, 0.4) is 0 Å². The fourth-order valence-electron chi connectivity index (χ4n) is 1.49. The molecule has 0 unspecified atom stereocenters. The van der Waals surface area contributed by atoms with E-state index in [1.807, 2.05) is 12.1 Å². The van der Waals surface area contributed by atoms with Gasteiger partial charge < -0.3 is 0 Å². The predicted molar refractivity (Wildman–Crippen MR) is 50.2 cm³/mol. The molecule has 0 atom stereocenters. The Labute approximate surface area is 83.4 Å². The number of aromatic nitrogens is 1. The van der Waals surface area contributed by atoms with Crippen LogP contribution in [-0.4, -0.2) is 8.42 Å². The van der Waals surface area contributed by atoms with E-state index in [-0.39, 0.29) is 0 Å². The summed E-state index contributed by atoms with van der Waals surface area (Å²) >= 11 is 0. The van der Waals surface area contributed by atoms with Gasteiger partial charge in [0.2, 0.25) is 5.69 Å². The van der Waals surface area contributed by atoms with Crippen molar-refractivity contribution in [3.05, 3.63) is 23.9 Å². The SMILES string of the molecule is CCCCc1cccc2[n+]1S(=O)(=O)O2. The van der Waals surface area contributed by atoms with Gasteiger partial charge in [0, 0.05) is 12.5 Å². The zero-order chi connectivity index (χ0) is 10.2. The summed E-state index contributed by atoms with van der Waals surface area (Å²) < 4.78 is 28.4. The van der Waals surface area contributed by atoms with Crippen LogP contribution >= 0.6 is 0 Å². The third-order valence-electron chi connectivity index (χ3n) is 2.19. The van der Waals surface area contributed by atoms with Crippen molar-refractivity contribution in [1.29, 1.82) is 0 Å². The van der Waals surface area contributed by atoms with Crippen molar-refractivity contribution in [2.75, 3.05) is 0 Å². The maximum Gasteiger partial charge on any atom is 0.573 e. The van der Waals surface area contributed by atoms with Crippen LogP contribution in [0.1, 0.15) is 25.5 Å². The maximum absolute atomic E-state index is 11.2. The second kappa shape index (κ2) is 3.24. The molecular formula is C9H12NO3S+. The molecule has 14 heavy (non-hydrogen) atoms. The molecule has 0 radical (unpaired) electrons. The number of pyridine rings is 1. The van der Waals surface area contributed by atoms with Crippen LogP contribution in [0.4, 0.5) is 0 Å². The summed E-state index contributed by atoms with van der Waals surface area (Å²) in [6.07, 6.45) is 2.80. The minimum atomic E-state index is -3.49. The molecule has 0 saturated carbocycles. The molecule has 1 aliphatic rings.